The molecule has 0 spiro atoms. The van der Waals surface area contributed by atoms with E-state index in [1.807, 2.05) is 0 Å². The zero-order valence-corrected chi connectivity index (χ0v) is 13.2. The van der Waals surface area contributed by atoms with Gasteiger partial charge in [0.05, 0.1) is 6.61 Å². The SMILES string of the molecule is CCC1CNC(C)(C2CC2)CN1CCOCC(C)C. The summed E-state index contributed by atoms with van der Waals surface area (Å²) in [5.41, 5.74) is 0.351. The van der Waals surface area contributed by atoms with Crippen LogP contribution in [0.3, 0.4) is 0 Å². The Kier molecular flexibility index (Phi) is 5.27. The standard InChI is InChI=1S/C16H32N2O/c1-5-15-10-17-16(4,14-6-7-14)12-18(15)8-9-19-11-13(2)3/h13-15,17H,5-12H2,1-4H3. The zero-order chi connectivity index (χ0) is 13.9. The van der Waals surface area contributed by atoms with Crippen LogP contribution >= 0.6 is 0 Å². The maximum absolute atomic E-state index is 5.77. The predicted octanol–water partition coefficient (Wildman–Crippen LogP) is 2.51. The van der Waals surface area contributed by atoms with Gasteiger partial charge in [-0.3, -0.25) is 4.90 Å². The van der Waals surface area contributed by atoms with Gasteiger partial charge in [0.1, 0.15) is 0 Å². The van der Waals surface area contributed by atoms with Crippen molar-refractivity contribution in [3.05, 3.63) is 0 Å². The minimum absolute atomic E-state index is 0.351. The van der Waals surface area contributed by atoms with Crippen LogP contribution in [0.25, 0.3) is 0 Å². The fraction of sp³-hybridized carbons (Fsp3) is 1.00. The van der Waals surface area contributed by atoms with Gasteiger partial charge in [-0.2, -0.15) is 0 Å². The molecule has 2 unspecified atom stereocenters. The minimum atomic E-state index is 0.351. The normalized spacial score (nSPS) is 33.0. The van der Waals surface area contributed by atoms with E-state index in [2.05, 4.69) is 37.9 Å². The van der Waals surface area contributed by atoms with Gasteiger partial charge in [0.2, 0.25) is 0 Å². The van der Waals surface area contributed by atoms with Gasteiger partial charge >= 0.3 is 0 Å². The van der Waals surface area contributed by atoms with Crippen LogP contribution < -0.4 is 5.32 Å². The molecule has 1 N–H and O–H groups in total. The predicted molar refractivity (Wildman–Crippen MR) is 80.4 cm³/mol. The second-order valence-corrected chi connectivity index (χ2v) is 7.07. The number of piperazine rings is 1. The zero-order valence-electron chi connectivity index (χ0n) is 13.2. The van der Waals surface area contributed by atoms with E-state index in [1.54, 1.807) is 0 Å². The van der Waals surface area contributed by atoms with Crippen molar-refractivity contribution in [3.63, 3.8) is 0 Å². The molecule has 0 aromatic carbocycles. The summed E-state index contributed by atoms with van der Waals surface area (Å²) in [5, 5.41) is 3.81. The van der Waals surface area contributed by atoms with Crippen LogP contribution in [0.1, 0.15) is 47.0 Å². The summed E-state index contributed by atoms with van der Waals surface area (Å²) in [6.07, 6.45) is 4.06. The maximum Gasteiger partial charge on any atom is 0.0593 e. The number of hydrogen-bond donors (Lipinski definition) is 1. The van der Waals surface area contributed by atoms with E-state index in [0.717, 1.165) is 32.2 Å². The monoisotopic (exact) mass is 268 g/mol. The molecule has 3 nitrogen and oxygen atoms in total. The highest BCUT2D eigenvalue weighted by molar-refractivity contribution is 5.03. The van der Waals surface area contributed by atoms with Gasteiger partial charge < -0.3 is 10.1 Å². The smallest absolute Gasteiger partial charge is 0.0593 e. The second kappa shape index (κ2) is 6.55. The average Bonchev–Trinajstić information content (AvgIpc) is 3.19. The molecule has 1 heterocycles. The number of rotatable bonds is 7. The summed E-state index contributed by atoms with van der Waals surface area (Å²) >= 11 is 0. The third kappa shape index (κ3) is 4.17. The van der Waals surface area contributed by atoms with Gasteiger partial charge in [-0.25, -0.2) is 0 Å². The van der Waals surface area contributed by atoms with Gasteiger partial charge in [-0.05, 0) is 38.0 Å². The van der Waals surface area contributed by atoms with Crippen LogP contribution in [0.4, 0.5) is 0 Å². The number of hydrogen-bond acceptors (Lipinski definition) is 3. The lowest BCUT2D eigenvalue weighted by molar-refractivity contribution is 0.0313. The largest absolute Gasteiger partial charge is 0.380 e. The van der Waals surface area contributed by atoms with Crippen LogP contribution in [-0.2, 0) is 4.74 Å². The van der Waals surface area contributed by atoms with Crippen molar-refractivity contribution in [3.8, 4) is 0 Å². The Morgan fingerprint density at radius 1 is 1.37 bits per heavy atom. The molecule has 0 aromatic rings. The van der Waals surface area contributed by atoms with Gasteiger partial charge in [0.15, 0.2) is 0 Å². The van der Waals surface area contributed by atoms with E-state index >= 15 is 0 Å². The molecule has 0 radical (unpaired) electrons. The molecular weight excluding hydrogens is 236 g/mol. The summed E-state index contributed by atoms with van der Waals surface area (Å²) < 4.78 is 5.77. The van der Waals surface area contributed by atoms with Crippen molar-refractivity contribution in [2.24, 2.45) is 11.8 Å². The van der Waals surface area contributed by atoms with Crippen molar-refractivity contribution in [2.75, 3.05) is 32.8 Å². The molecule has 1 aliphatic carbocycles. The Balaban J connectivity index is 1.80. The van der Waals surface area contributed by atoms with Gasteiger partial charge in [0.25, 0.3) is 0 Å². The second-order valence-electron chi connectivity index (χ2n) is 7.07. The molecule has 3 heteroatoms. The first-order valence-corrected chi connectivity index (χ1v) is 8.12. The van der Waals surface area contributed by atoms with E-state index < -0.39 is 0 Å². The third-order valence-electron chi connectivity index (χ3n) is 4.71. The van der Waals surface area contributed by atoms with Crippen LogP contribution in [0, 0.1) is 11.8 Å². The van der Waals surface area contributed by atoms with Crippen molar-refractivity contribution in [1.29, 1.82) is 0 Å². The maximum atomic E-state index is 5.77. The average molecular weight is 268 g/mol. The molecule has 0 bridgehead atoms. The topological polar surface area (TPSA) is 24.5 Å². The highest BCUT2D eigenvalue weighted by Gasteiger charge is 2.45. The molecule has 0 amide bonds. The molecule has 0 aromatic heterocycles. The number of ether oxygens (including phenoxy) is 1. The van der Waals surface area contributed by atoms with Gasteiger partial charge in [0, 0.05) is 37.8 Å². The van der Waals surface area contributed by atoms with Crippen molar-refractivity contribution >= 4 is 0 Å². The lowest BCUT2D eigenvalue weighted by Crippen LogP contribution is -2.64. The summed E-state index contributed by atoms with van der Waals surface area (Å²) in [6.45, 7) is 14.3. The molecule has 1 aliphatic heterocycles. The molecule has 2 aliphatic rings. The molecule has 2 atom stereocenters. The van der Waals surface area contributed by atoms with Crippen LogP contribution in [0.2, 0.25) is 0 Å². The van der Waals surface area contributed by atoms with E-state index in [9.17, 15) is 0 Å². The Bertz CT molecular complexity index is 278. The molecule has 19 heavy (non-hydrogen) atoms. The number of nitrogens with zero attached hydrogens (tertiary/aromatic N) is 1. The highest BCUT2D eigenvalue weighted by Crippen LogP contribution is 2.41. The van der Waals surface area contributed by atoms with Gasteiger partial charge in [-0.1, -0.05) is 20.8 Å². The highest BCUT2D eigenvalue weighted by atomic mass is 16.5. The first kappa shape index (κ1) is 15.3. The van der Waals surface area contributed by atoms with Crippen molar-refractivity contribution in [1.82, 2.24) is 10.2 Å². The molecule has 1 saturated heterocycles. The number of nitrogens with one attached hydrogen (secondary N) is 1. The van der Waals surface area contributed by atoms with Gasteiger partial charge in [-0.15, -0.1) is 0 Å². The first-order valence-electron chi connectivity index (χ1n) is 8.12. The molecule has 2 rings (SSSR count). The summed E-state index contributed by atoms with van der Waals surface area (Å²) in [6, 6.07) is 0.689. The fourth-order valence-corrected chi connectivity index (χ4v) is 3.25. The fourth-order valence-electron chi connectivity index (χ4n) is 3.25. The Hall–Kier alpha value is -0.120. The van der Waals surface area contributed by atoms with Crippen molar-refractivity contribution < 1.29 is 4.74 Å². The minimum Gasteiger partial charge on any atom is -0.380 e. The van der Waals surface area contributed by atoms with E-state index in [0.29, 0.717) is 17.5 Å². The Labute approximate surface area is 119 Å². The van der Waals surface area contributed by atoms with E-state index in [1.165, 1.54) is 25.8 Å². The Morgan fingerprint density at radius 2 is 2.11 bits per heavy atom. The molecule has 2 fully saturated rings. The third-order valence-corrected chi connectivity index (χ3v) is 4.71. The van der Waals surface area contributed by atoms with Crippen LogP contribution in [-0.4, -0.2) is 49.3 Å². The lowest BCUT2D eigenvalue weighted by Gasteiger charge is -2.46. The van der Waals surface area contributed by atoms with Crippen molar-refractivity contribution in [2.45, 2.75) is 58.5 Å². The first-order chi connectivity index (χ1) is 9.05. The van der Waals surface area contributed by atoms with Crippen LogP contribution in [0.15, 0.2) is 0 Å². The summed E-state index contributed by atoms with van der Waals surface area (Å²) in [4.78, 5) is 2.66. The summed E-state index contributed by atoms with van der Waals surface area (Å²) in [7, 11) is 0. The Morgan fingerprint density at radius 3 is 2.68 bits per heavy atom. The molecular formula is C16H32N2O. The molecule has 1 saturated carbocycles. The molecule has 112 valence electrons. The quantitative estimate of drug-likeness (QED) is 0.718. The van der Waals surface area contributed by atoms with E-state index in [-0.39, 0.29) is 0 Å². The lowest BCUT2D eigenvalue weighted by atomic mass is 9.90. The van der Waals surface area contributed by atoms with Crippen LogP contribution in [0.5, 0.6) is 0 Å². The van der Waals surface area contributed by atoms with E-state index in [4.69, 9.17) is 4.74 Å². The summed E-state index contributed by atoms with van der Waals surface area (Å²) in [5.74, 6) is 1.55.